The molecule has 0 atom stereocenters. The zero-order chi connectivity index (χ0) is 17.5. The van der Waals surface area contributed by atoms with Crippen LogP contribution in [0.25, 0.3) is 0 Å². The van der Waals surface area contributed by atoms with Gasteiger partial charge in [0.05, 0.1) is 13.2 Å². The van der Waals surface area contributed by atoms with E-state index in [1.165, 1.54) is 0 Å². The minimum absolute atomic E-state index is 0.0234. The molecular formula is C16H21ClN2O5. The van der Waals surface area contributed by atoms with Gasteiger partial charge in [0.15, 0.2) is 11.5 Å². The molecule has 8 heteroatoms. The van der Waals surface area contributed by atoms with E-state index in [1.54, 1.807) is 25.3 Å². The highest BCUT2D eigenvalue weighted by atomic mass is 35.5. The van der Waals surface area contributed by atoms with Crippen molar-refractivity contribution >= 4 is 29.3 Å². The number of anilines is 1. The zero-order valence-electron chi connectivity index (χ0n) is 13.4. The second-order valence-electron chi connectivity index (χ2n) is 5.59. The Hall–Kier alpha value is -2.15. The predicted octanol–water partition coefficient (Wildman–Crippen LogP) is 2.83. The fourth-order valence-corrected chi connectivity index (χ4v) is 2.79. The maximum Gasteiger partial charge on any atom is 0.404 e. The van der Waals surface area contributed by atoms with Crippen LogP contribution in [0.5, 0.6) is 11.5 Å². The fourth-order valence-electron chi connectivity index (χ4n) is 2.72. The highest BCUT2D eigenvalue weighted by Gasteiger charge is 2.24. The summed E-state index contributed by atoms with van der Waals surface area (Å²) in [5.41, 5.74) is 0.581. The second-order valence-corrected chi connectivity index (χ2v) is 5.86. The number of hydrogen-bond donors (Lipinski definition) is 3. The highest BCUT2D eigenvalue weighted by Crippen LogP contribution is 2.33. The van der Waals surface area contributed by atoms with Crippen LogP contribution < -0.4 is 20.1 Å². The molecule has 2 amide bonds. The fraction of sp³-hybridized carbons (Fsp3) is 0.500. The van der Waals surface area contributed by atoms with Crippen LogP contribution in [0, 0.1) is 0 Å². The maximum absolute atomic E-state index is 11.4. The summed E-state index contributed by atoms with van der Waals surface area (Å²) in [5, 5.41) is 13.9. The van der Waals surface area contributed by atoms with Gasteiger partial charge in [0.25, 0.3) is 0 Å². The van der Waals surface area contributed by atoms with Crippen LogP contribution in [0.4, 0.5) is 10.5 Å². The molecule has 24 heavy (non-hydrogen) atoms. The number of methoxy groups -OCH3 is 1. The number of ether oxygens (including phenoxy) is 2. The first-order chi connectivity index (χ1) is 11.5. The molecule has 2 rings (SSSR count). The van der Waals surface area contributed by atoms with Crippen LogP contribution in [0.3, 0.4) is 0 Å². The predicted molar refractivity (Wildman–Crippen MR) is 90.2 cm³/mol. The Labute approximate surface area is 145 Å². The van der Waals surface area contributed by atoms with Gasteiger partial charge in [-0.15, -0.1) is 11.6 Å². The average molecular weight is 357 g/mol. The number of rotatable bonds is 6. The number of carboxylic acid groups (broad SMARTS) is 1. The first-order valence-corrected chi connectivity index (χ1v) is 8.25. The van der Waals surface area contributed by atoms with E-state index in [4.69, 9.17) is 26.2 Å². The van der Waals surface area contributed by atoms with Gasteiger partial charge in [0.1, 0.15) is 5.88 Å². The van der Waals surface area contributed by atoms with Crippen LogP contribution in [0.15, 0.2) is 18.2 Å². The van der Waals surface area contributed by atoms with Crippen molar-refractivity contribution in [3.05, 3.63) is 18.2 Å². The van der Waals surface area contributed by atoms with Crippen molar-refractivity contribution in [1.29, 1.82) is 0 Å². The molecule has 0 spiro atoms. The molecule has 0 radical (unpaired) electrons. The Morgan fingerprint density at radius 2 is 1.96 bits per heavy atom. The molecule has 1 fully saturated rings. The van der Waals surface area contributed by atoms with Gasteiger partial charge in [-0.25, -0.2) is 4.79 Å². The third-order valence-corrected chi connectivity index (χ3v) is 4.11. The molecule has 132 valence electrons. The lowest BCUT2D eigenvalue weighted by molar-refractivity contribution is -0.113. The van der Waals surface area contributed by atoms with Gasteiger partial charge in [-0.1, -0.05) is 0 Å². The van der Waals surface area contributed by atoms with E-state index in [2.05, 4.69) is 10.6 Å². The summed E-state index contributed by atoms with van der Waals surface area (Å²) in [6.07, 6.45) is 1.91. The van der Waals surface area contributed by atoms with Crippen LogP contribution in [0.2, 0.25) is 0 Å². The van der Waals surface area contributed by atoms with E-state index in [9.17, 15) is 9.59 Å². The van der Waals surface area contributed by atoms with Crippen molar-refractivity contribution in [2.24, 2.45) is 0 Å². The summed E-state index contributed by atoms with van der Waals surface area (Å²) in [6.45, 7) is 0. The Bertz CT molecular complexity index is 588. The summed E-state index contributed by atoms with van der Waals surface area (Å²) in [5.74, 6) is 0.695. The van der Waals surface area contributed by atoms with Crippen LogP contribution in [0.1, 0.15) is 25.7 Å². The van der Waals surface area contributed by atoms with E-state index in [1.807, 2.05) is 0 Å². The molecule has 3 N–H and O–H groups in total. The van der Waals surface area contributed by atoms with Crippen molar-refractivity contribution in [3.63, 3.8) is 0 Å². The van der Waals surface area contributed by atoms with Crippen molar-refractivity contribution in [2.45, 2.75) is 37.8 Å². The van der Waals surface area contributed by atoms with E-state index in [0.717, 1.165) is 25.7 Å². The number of carbonyl (C=O) groups is 2. The molecule has 0 saturated heterocycles. The number of hydrogen-bond acceptors (Lipinski definition) is 4. The van der Waals surface area contributed by atoms with Crippen LogP contribution in [-0.2, 0) is 4.79 Å². The third kappa shape index (κ3) is 5.19. The molecule has 1 aromatic rings. The first kappa shape index (κ1) is 18.2. The normalized spacial score (nSPS) is 20.1. The number of benzene rings is 1. The van der Waals surface area contributed by atoms with Gasteiger partial charge in [-0.3, -0.25) is 4.79 Å². The molecule has 0 bridgehead atoms. The van der Waals surface area contributed by atoms with Gasteiger partial charge in [0, 0.05) is 17.8 Å². The lowest BCUT2D eigenvalue weighted by atomic mass is 9.93. The molecule has 0 aromatic heterocycles. The monoisotopic (exact) mass is 356 g/mol. The molecule has 1 aromatic carbocycles. The Kier molecular flexibility index (Phi) is 6.54. The lowest BCUT2D eigenvalue weighted by Crippen LogP contribution is -2.38. The standard InChI is InChI=1S/C16H21ClN2O5/c1-23-13-7-4-11(18-15(20)9-17)8-14(13)24-12-5-2-10(3-6-12)19-16(21)22/h4,7-8,10,12,19H,2-3,5-6,9H2,1H3,(H,18,20)(H,21,22)/t10-,12-. The number of carbonyl (C=O) groups excluding carboxylic acids is 1. The molecule has 1 aliphatic rings. The van der Waals surface area contributed by atoms with Crippen molar-refractivity contribution in [3.8, 4) is 11.5 Å². The number of amides is 2. The highest BCUT2D eigenvalue weighted by molar-refractivity contribution is 6.29. The molecule has 0 unspecified atom stereocenters. The molecule has 1 aliphatic carbocycles. The Morgan fingerprint density at radius 1 is 1.25 bits per heavy atom. The van der Waals surface area contributed by atoms with Crippen LogP contribution in [-0.4, -0.2) is 42.2 Å². The number of nitrogens with one attached hydrogen (secondary N) is 2. The summed E-state index contributed by atoms with van der Waals surface area (Å²) in [7, 11) is 1.55. The van der Waals surface area contributed by atoms with Gasteiger partial charge in [0.2, 0.25) is 5.91 Å². The smallest absolute Gasteiger partial charge is 0.404 e. The van der Waals surface area contributed by atoms with E-state index in [-0.39, 0.29) is 23.9 Å². The third-order valence-electron chi connectivity index (χ3n) is 3.86. The average Bonchev–Trinajstić information content (AvgIpc) is 2.56. The molecule has 0 heterocycles. The van der Waals surface area contributed by atoms with Gasteiger partial charge < -0.3 is 25.2 Å². The Balaban J connectivity index is 1.99. The Morgan fingerprint density at radius 3 is 2.54 bits per heavy atom. The summed E-state index contributed by atoms with van der Waals surface area (Å²) in [4.78, 5) is 22.1. The van der Waals surface area contributed by atoms with Crippen molar-refractivity contribution < 1.29 is 24.2 Å². The number of halogens is 1. The van der Waals surface area contributed by atoms with Crippen molar-refractivity contribution in [2.75, 3.05) is 18.3 Å². The SMILES string of the molecule is COc1ccc(NC(=O)CCl)cc1O[C@H]1CC[C@H](NC(=O)O)CC1. The minimum Gasteiger partial charge on any atom is -0.493 e. The van der Waals surface area contributed by atoms with Crippen LogP contribution >= 0.6 is 11.6 Å². The zero-order valence-corrected chi connectivity index (χ0v) is 14.1. The van der Waals surface area contributed by atoms with Gasteiger partial charge in [-0.05, 0) is 37.8 Å². The van der Waals surface area contributed by atoms with E-state index < -0.39 is 6.09 Å². The summed E-state index contributed by atoms with van der Waals surface area (Å²) in [6, 6.07) is 5.10. The minimum atomic E-state index is -0.997. The maximum atomic E-state index is 11.4. The van der Waals surface area contributed by atoms with Gasteiger partial charge in [-0.2, -0.15) is 0 Å². The number of alkyl halides is 1. The quantitative estimate of drug-likeness (QED) is 0.681. The lowest BCUT2D eigenvalue weighted by Gasteiger charge is -2.29. The van der Waals surface area contributed by atoms with Gasteiger partial charge >= 0.3 is 6.09 Å². The largest absolute Gasteiger partial charge is 0.493 e. The topological polar surface area (TPSA) is 96.9 Å². The van der Waals surface area contributed by atoms with Crippen molar-refractivity contribution in [1.82, 2.24) is 5.32 Å². The van der Waals surface area contributed by atoms with E-state index >= 15 is 0 Å². The molecule has 0 aliphatic heterocycles. The molecule has 7 nitrogen and oxygen atoms in total. The first-order valence-electron chi connectivity index (χ1n) is 7.71. The summed E-state index contributed by atoms with van der Waals surface area (Å²) < 4.78 is 11.3. The molecule has 1 saturated carbocycles. The van der Waals surface area contributed by atoms with E-state index in [0.29, 0.717) is 17.2 Å². The molecular weight excluding hydrogens is 336 g/mol. The summed E-state index contributed by atoms with van der Waals surface area (Å²) >= 11 is 5.49. The second kappa shape index (κ2) is 8.63.